The number of anilines is 1. The molecule has 1 saturated heterocycles. The summed E-state index contributed by atoms with van der Waals surface area (Å²) in [5, 5.41) is 20.0. The van der Waals surface area contributed by atoms with E-state index in [-0.39, 0.29) is 5.82 Å². The van der Waals surface area contributed by atoms with Gasteiger partial charge in [-0.15, -0.1) is 0 Å². The minimum absolute atomic E-state index is 0.0448. The molecular weight excluding hydrogens is 396 g/mol. The normalized spacial score (nSPS) is 29.5. The molecule has 0 saturated carbocycles. The molecule has 0 aliphatic carbocycles. The second-order valence-electron chi connectivity index (χ2n) is 5.77. The Kier molecular flexibility index (Phi) is 6.52. The molecule has 0 bridgehead atoms. The molecule has 5 atom stereocenters. The van der Waals surface area contributed by atoms with Crippen LogP contribution in [0.1, 0.15) is 6.23 Å². The predicted molar refractivity (Wildman–Crippen MR) is 89.3 cm³/mol. The van der Waals surface area contributed by atoms with Crippen LogP contribution in [0.4, 0.5) is 5.82 Å². The number of aliphatic hydroxyl groups excluding tert-OH is 2. The van der Waals surface area contributed by atoms with E-state index in [9.17, 15) is 24.5 Å². The second kappa shape index (κ2) is 7.95. The molecule has 1 aromatic rings. The molecule has 1 aliphatic heterocycles. The Morgan fingerprint density at radius 3 is 2.58 bits per heavy atom. The quantitative estimate of drug-likeness (QED) is 0.223. The van der Waals surface area contributed by atoms with Gasteiger partial charge in [-0.05, 0) is 0 Å². The van der Waals surface area contributed by atoms with Crippen LogP contribution in [0.2, 0.25) is 0 Å². The summed E-state index contributed by atoms with van der Waals surface area (Å²) < 4.78 is 22.7. The van der Waals surface area contributed by atoms with Crippen molar-refractivity contribution in [1.82, 2.24) is 9.55 Å². The maximum atomic E-state index is 11.8. The number of aromatic nitrogens is 2. The molecule has 0 radical (unpaired) electrons. The van der Waals surface area contributed by atoms with Crippen molar-refractivity contribution in [2.75, 3.05) is 24.7 Å². The SMILES string of the molecule is Nc1ccn([C@@H]2O[C@H](COP(=O)(O)CC[PH](O)(O)O)C(O)[C@@H]2O)c(=O)n1. The van der Waals surface area contributed by atoms with E-state index < -0.39 is 64.7 Å². The van der Waals surface area contributed by atoms with E-state index in [1.165, 1.54) is 12.3 Å². The van der Waals surface area contributed by atoms with E-state index in [0.29, 0.717) is 0 Å². The van der Waals surface area contributed by atoms with Crippen molar-refractivity contribution < 1.29 is 43.6 Å². The van der Waals surface area contributed by atoms with Crippen molar-refractivity contribution >= 4 is 21.4 Å². The van der Waals surface area contributed by atoms with Gasteiger partial charge in [0, 0.05) is 0 Å². The summed E-state index contributed by atoms with van der Waals surface area (Å²) >= 11 is 0. The van der Waals surface area contributed by atoms with Crippen molar-refractivity contribution in [3.05, 3.63) is 22.7 Å². The molecule has 2 heterocycles. The van der Waals surface area contributed by atoms with Gasteiger partial charge in [0.15, 0.2) is 0 Å². The van der Waals surface area contributed by atoms with Crippen molar-refractivity contribution in [2.24, 2.45) is 0 Å². The zero-order valence-electron chi connectivity index (χ0n) is 13.3. The number of nitrogen functional groups attached to an aromatic ring is 1. The minimum atomic E-state index is -4.51. The number of hydrogen-bond acceptors (Lipinski definition) is 11. The molecule has 8 N–H and O–H groups in total. The molecule has 26 heavy (non-hydrogen) atoms. The zero-order valence-corrected chi connectivity index (χ0v) is 15.2. The van der Waals surface area contributed by atoms with Crippen molar-refractivity contribution in [3.63, 3.8) is 0 Å². The van der Waals surface area contributed by atoms with Gasteiger partial charge in [0.2, 0.25) is 0 Å². The Bertz CT molecular complexity index is 738. The fourth-order valence-electron chi connectivity index (χ4n) is 2.26. The zero-order chi connectivity index (χ0) is 19.7. The summed E-state index contributed by atoms with van der Waals surface area (Å²) in [6.45, 7) is -0.628. The van der Waals surface area contributed by atoms with E-state index in [4.69, 9.17) is 29.7 Å². The third-order valence-corrected chi connectivity index (χ3v) is 6.32. The van der Waals surface area contributed by atoms with E-state index in [0.717, 1.165) is 4.57 Å². The van der Waals surface area contributed by atoms with E-state index >= 15 is 0 Å². The summed E-state index contributed by atoms with van der Waals surface area (Å²) in [5.74, 6) is -0.0448. The maximum absolute atomic E-state index is 11.8. The Morgan fingerprint density at radius 2 is 2.00 bits per heavy atom. The molecule has 13 nitrogen and oxygen atoms in total. The third-order valence-electron chi connectivity index (χ3n) is 3.63. The van der Waals surface area contributed by atoms with Gasteiger partial charge >= 0.3 is 141 Å². The van der Waals surface area contributed by atoms with Crippen LogP contribution < -0.4 is 11.4 Å². The Labute approximate surface area is 147 Å². The van der Waals surface area contributed by atoms with Crippen LogP contribution in [0.3, 0.4) is 0 Å². The average Bonchev–Trinajstić information content (AvgIpc) is 2.79. The molecular formula is C11H21N3O10P2. The van der Waals surface area contributed by atoms with Crippen LogP contribution in [0.25, 0.3) is 0 Å². The predicted octanol–water partition coefficient (Wildman–Crippen LogP) is -2.88. The van der Waals surface area contributed by atoms with Crippen molar-refractivity contribution in [1.29, 1.82) is 0 Å². The third kappa shape index (κ3) is 5.51. The molecule has 1 aliphatic rings. The number of nitrogens with zero attached hydrogens (tertiary/aromatic N) is 2. The Balaban J connectivity index is 2.01. The molecule has 2 rings (SSSR count). The van der Waals surface area contributed by atoms with Gasteiger partial charge in [-0.1, -0.05) is 0 Å². The molecule has 0 spiro atoms. The number of ether oxygens (including phenoxy) is 1. The van der Waals surface area contributed by atoms with E-state index in [1.54, 1.807) is 0 Å². The van der Waals surface area contributed by atoms with Crippen molar-refractivity contribution in [2.45, 2.75) is 24.5 Å². The van der Waals surface area contributed by atoms with Crippen LogP contribution in [0.5, 0.6) is 0 Å². The second-order valence-corrected chi connectivity index (χ2v) is 9.80. The average molecular weight is 417 g/mol. The van der Waals surface area contributed by atoms with Gasteiger partial charge in [0.25, 0.3) is 0 Å². The van der Waals surface area contributed by atoms with Crippen LogP contribution in [0.15, 0.2) is 17.1 Å². The molecule has 1 aromatic heterocycles. The number of aliphatic hydroxyl groups is 2. The summed E-state index contributed by atoms with van der Waals surface area (Å²) in [6.07, 6.45) is -5.88. The molecule has 150 valence electrons. The van der Waals surface area contributed by atoms with E-state index in [1.807, 2.05) is 0 Å². The van der Waals surface area contributed by atoms with Gasteiger partial charge in [0.05, 0.1) is 0 Å². The molecule has 1 fully saturated rings. The first-order valence-corrected chi connectivity index (χ1v) is 11.2. The van der Waals surface area contributed by atoms with E-state index in [2.05, 4.69) is 4.98 Å². The van der Waals surface area contributed by atoms with Crippen LogP contribution in [-0.2, 0) is 13.8 Å². The first-order valence-electron chi connectivity index (χ1n) is 7.39. The summed E-state index contributed by atoms with van der Waals surface area (Å²) in [7, 11) is -8.82. The standard InChI is InChI=1S/C11H21N3O10P2/c12-7-1-2-14(11(17)13-7)10-9(16)8(15)6(24-10)5-23-26(21,22)4-3-25(18,19)20/h1-2,6,8-10,15-16,18-20,25H,3-5H2,(H,21,22)(H2,12,13,17)/t6-,8?,9+,10-/m1/s1. The molecule has 15 heteroatoms. The van der Waals surface area contributed by atoms with Crippen LogP contribution in [0, 0.1) is 0 Å². The Morgan fingerprint density at radius 1 is 1.35 bits per heavy atom. The first-order chi connectivity index (χ1) is 11.9. The number of nitrogens with two attached hydrogens (primary N) is 1. The van der Waals surface area contributed by atoms with Gasteiger partial charge < -0.3 is 5.73 Å². The molecule has 0 aromatic carbocycles. The van der Waals surface area contributed by atoms with Gasteiger partial charge in [-0.2, -0.15) is 0 Å². The first kappa shape index (κ1) is 21.3. The fourth-order valence-corrected chi connectivity index (χ4v) is 5.10. The van der Waals surface area contributed by atoms with Gasteiger partial charge in [0.1, 0.15) is 0 Å². The summed E-state index contributed by atoms with van der Waals surface area (Å²) in [5.41, 5.74) is 4.54. The van der Waals surface area contributed by atoms with Crippen molar-refractivity contribution in [3.8, 4) is 0 Å². The topological polar surface area (TPSA) is 218 Å². The summed E-state index contributed by atoms with van der Waals surface area (Å²) in [6, 6.07) is 1.28. The van der Waals surface area contributed by atoms with Gasteiger partial charge in [-0.3, -0.25) is 0 Å². The molecule has 2 unspecified atom stereocenters. The van der Waals surface area contributed by atoms with Gasteiger partial charge in [-0.25, -0.2) is 0 Å². The number of hydrogen-bond donors (Lipinski definition) is 7. The number of rotatable bonds is 7. The van der Waals surface area contributed by atoms with Crippen LogP contribution in [-0.4, -0.2) is 76.6 Å². The Hall–Kier alpha value is -0.980. The van der Waals surface area contributed by atoms with Crippen LogP contribution >= 0.6 is 15.5 Å². The monoisotopic (exact) mass is 417 g/mol. The summed E-state index contributed by atoms with van der Waals surface area (Å²) in [4.78, 5) is 51.4. The molecule has 0 amide bonds. The fraction of sp³-hybridized carbons (Fsp3) is 0.636.